The fraction of sp³-hybridized carbons (Fsp3) is 0.133. The highest BCUT2D eigenvalue weighted by Crippen LogP contribution is 2.47. The van der Waals surface area contributed by atoms with Crippen molar-refractivity contribution in [1.29, 1.82) is 0 Å². The summed E-state index contributed by atoms with van der Waals surface area (Å²) in [4.78, 5) is 13.8. The van der Waals surface area contributed by atoms with Crippen LogP contribution in [0.2, 0.25) is 10.0 Å². The van der Waals surface area contributed by atoms with Crippen molar-refractivity contribution in [2.24, 2.45) is 5.10 Å². The third-order valence-corrected chi connectivity index (χ3v) is 7.19. The summed E-state index contributed by atoms with van der Waals surface area (Å²) in [5.74, 6) is 0.312. The first-order chi connectivity index (χ1) is 17.5. The van der Waals surface area contributed by atoms with Gasteiger partial charge in [0.25, 0.3) is 6.23 Å². The minimum Gasteiger partial charge on any atom is -0.459 e. The quantitative estimate of drug-likeness (QED) is 0.263. The van der Waals surface area contributed by atoms with Crippen LogP contribution in [0.3, 0.4) is 0 Å². The van der Waals surface area contributed by atoms with Crippen LogP contribution in [0, 0.1) is 6.92 Å². The molecule has 4 nitrogen and oxygen atoms in total. The molecule has 0 saturated carbocycles. The van der Waals surface area contributed by atoms with Gasteiger partial charge >= 0.3 is 0 Å². The van der Waals surface area contributed by atoms with Gasteiger partial charge in [0.05, 0.1) is 16.8 Å². The van der Waals surface area contributed by atoms with Gasteiger partial charge in [-0.05, 0) is 35.7 Å². The van der Waals surface area contributed by atoms with E-state index in [1.807, 2.05) is 60.7 Å². The predicted octanol–water partition coefficient (Wildman–Crippen LogP) is 7.72. The van der Waals surface area contributed by atoms with Gasteiger partial charge in [-0.2, -0.15) is 5.10 Å². The zero-order valence-electron chi connectivity index (χ0n) is 19.5. The summed E-state index contributed by atoms with van der Waals surface area (Å²) in [6, 6.07) is 29.1. The molecule has 4 aromatic carbocycles. The van der Waals surface area contributed by atoms with Crippen LogP contribution in [-0.4, -0.2) is 22.7 Å². The minimum absolute atomic E-state index is 0.176. The molecule has 0 aromatic heterocycles. The number of carbonyl (C=O) groups is 1. The number of hydrazone groups is 1. The van der Waals surface area contributed by atoms with Crippen LogP contribution < -0.4 is 4.74 Å². The molecule has 0 amide bonds. The largest absolute Gasteiger partial charge is 0.459 e. The van der Waals surface area contributed by atoms with Crippen LogP contribution in [0.15, 0.2) is 96.1 Å². The number of carbonyl (C=O) groups excluding carboxylic acids is 1. The zero-order valence-corrected chi connectivity index (χ0v) is 21.0. The summed E-state index contributed by atoms with van der Waals surface area (Å²) in [7, 11) is 0. The normalized spacial score (nSPS) is 18.2. The predicted molar refractivity (Wildman–Crippen MR) is 144 cm³/mol. The van der Waals surface area contributed by atoms with Gasteiger partial charge in [0, 0.05) is 22.6 Å². The Morgan fingerprint density at radius 3 is 2.28 bits per heavy atom. The van der Waals surface area contributed by atoms with E-state index < -0.39 is 6.23 Å². The molecular formula is C30H22Cl2N2O2. The lowest BCUT2D eigenvalue weighted by Gasteiger charge is -2.37. The molecule has 2 aliphatic rings. The number of ketones is 1. The molecule has 2 atom stereocenters. The SMILES string of the molecule is Cc1ccc(C2=NN3[C@@H](C(=O)c4ccc(-c5ccccc5)cc4)Oc4c(Cl)cc(Cl)cc4[C@H]3C2)cc1. The van der Waals surface area contributed by atoms with Gasteiger partial charge in [-0.1, -0.05) is 108 Å². The molecule has 2 heterocycles. The van der Waals surface area contributed by atoms with Crippen molar-refractivity contribution in [1.82, 2.24) is 5.01 Å². The van der Waals surface area contributed by atoms with E-state index in [-0.39, 0.29) is 11.8 Å². The first-order valence-corrected chi connectivity index (χ1v) is 12.5. The highest BCUT2D eigenvalue weighted by Gasteiger charge is 2.44. The van der Waals surface area contributed by atoms with Crippen molar-refractivity contribution in [3.8, 4) is 16.9 Å². The van der Waals surface area contributed by atoms with Gasteiger partial charge in [-0.25, -0.2) is 5.01 Å². The summed E-state index contributed by atoms with van der Waals surface area (Å²) in [5, 5.41) is 7.55. The fourth-order valence-electron chi connectivity index (χ4n) is 4.81. The Morgan fingerprint density at radius 1 is 0.889 bits per heavy atom. The number of rotatable bonds is 4. The number of nitrogens with zero attached hydrogens (tertiary/aromatic N) is 2. The van der Waals surface area contributed by atoms with Crippen LogP contribution in [0.25, 0.3) is 11.1 Å². The van der Waals surface area contributed by atoms with Crippen molar-refractivity contribution < 1.29 is 9.53 Å². The molecule has 0 radical (unpaired) electrons. The number of Topliss-reactive ketones (excluding diaryl/α,β-unsaturated/α-hetero) is 1. The number of ether oxygens (including phenoxy) is 1. The summed E-state index contributed by atoms with van der Waals surface area (Å²) in [6.45, 7) is 2.05. The second-order valence-electron chi connectivity index (χ2n) is 9.10. The van der Waals surface area contributed by atoms with Crippen molar-refractivity contribution in [3.05, 3.63) is 123 Å². The molecule has 6 rings (SSSR count). The zero-order chi connectivity index (χ0) is 24.8. The average molecular weight is 513 g/mol. The highest BCUT2D eigenvalue weighted by atomic mass is 35.5. The van der Waals surface area contributed by atoms with Gasteiger partial charge in [0.2, 0.25) is 5.78 Å². The monoisotopic (exact) mass is 512 g/mol. The van der Waals surface area contributed by atoms with Crippen LogP contribution >= 0.6 is 23.2 Å². The number of hydrogen-bond donors (Lipinski definition) is 0. The number of fused-ring (bicyclic) bond motifs is 3. The standard InChI is InChI=1S/C30H22Cl2N2O2/c1-18-7-9-21(10-8-18)26-17-27-24-15-23(31)16-25(32)29(24)36-30(34(27)33-26)28(35)22-13-11-20(12-14-22)19-5-3-2-4-6-19/h2-16,27,30H,17H2,1H3/t27-,30-/m1/s1. The molecule has 6 heteroatoms. The van der Waals surface area contributed by atoms with E-state index in [1.165, 1.54) is 5.56 Å². The highest BCUT2D eigenvalue weighted by molar-refractivity contribution is 6.35. The Balaban J connectivity index is 1.38. The van der Waals surface area contributed by atoms with Crippen LogP contribution in [-0.2, 0) is 0 Å². The summed E-state index contributed by atoms with van der Waals surface area (Å²) >= 11 is 12.9. The molecule has 178 valence electrons. The van der Waals surface area contributed by atoms with Gasteiger partial charge in [-0.3, -0.25) is 4.79 Å². The van der Waals surface area contributed by atoms with Crippen molar-refractivity contribution in [2.45, 2.75) is 25.6 Å². The number of aryl methyl sites for hydroxylation is 1. The first kappa shape index (κ1) is 22.8. The lowest BCUT2D eigenvalue weighted by atomic mass is 9.95. The average Bonchev–Trinajstić information content (AvgIpc) is 3.35. The first-order valence-electron chi connectivity index (χ1n) is 11.8. The molecule has 4 aromatic rings. The molecule has 0 saturated heterocycles. The van der Waals surface area contributed by atoms with Crippen LogP contribution in [0.4, 0.5) is 0 Å². The van der Waals surface area contributed by atoms with Crippen LogP contribution in [0.1, 0.15) is 39.5 Å². The molecular weight excluding hydrogens is 491 g/mol. The molecule has 0 fully saturated rings. The maximum absolute atomic E-state index is 13.8. The van der Waals surface area contributed by atoms with Gasteiger partial charge < -0.3 is 4.74 Å². The second-order valence-corrected chi connectivity index (χ2v) is 9.94. The van der Waals surface area contributed by atoms with Crippen molar-refractivity contribution in [3.63, 3.8) is 0 Å². The molecule has 0 N–H and O–H groups in total. The van der Waals surface area contributed by atoms with Crippen LogP contribution in [0.5, 0.6) is 5.75 Å². The molecule has 36 heavy (non-hydrogen) atoms. The van der Waals surface area contributed by atoms with Gasteiger partial charge in [0.1, 0.15) is 5.75 Å². The van der Waals surface area contributed by atoms with Gasteiger partial charge in [0.15, 0.2) is 0 Å². The van der Waals surface area contributed by atoms with E-state index in [1.54, 1.807) is 11.1 Å². The Labute approximate surface area is 219 Å². The van der Waals surface area contributed by atoms with E-state index in [9.17, 15) is 4.79 Å². The molecule has 0 unspecified atom stereocenters. The molecule has 0 bridgehead atoms. The fourth-order valence-corrected chi connectivity index (χ4v) is 5.36. The van der Waals surface area contributed by atoms with E-state index in [2.05, 4.69) is 31.2 Å². The Morgan fingerprint density at radius 2 is 1.56 bits per heavy atom. The third kappa shape index (κ3) is 4.06. The maximum Gasteiger partial charge on any atom is 0.251 e. The Bertz CT molecular complexity index is 1480. The Kier molecular flexibility index (Phi) is 5.79. The topological polar surface area (TPSA) is 41.9 Å². The lowest BCUT2D eigenvalue weighted by molar-refractivity contribution is -0.00447. The van der Waals surface area contributed by atoms with E-state index in [4.69, 9.17) is 33.0 Å². The second kappa shape index (κ2) is 9.12. The van der Waals surface area contributed by atoms with E-state index in [0.717, 1.165) is 28.0 Å². The molecule has 0 spiro atoms. The van der Waals surface area contributed by atoms with Crippen molar-refractivity contribution in [2.75, 3.05) is 0 Å². The molecule has 2 aliphatic heterocycles. The lowest BCUT2D eigenvalue weighted by Crippen LogP contribution is -2.46. The number of benzene rings is 4. The van der Waals surface area contributed by atoms with E-state index in [0.29, 0.717) is 27.8 Å². The number of halogens is 2. The summed E-state index contributed by atoms with van der Waals surface area (Å²) in [6.07, 6.45) is -0.320. The minimum atomic E-state index is -0.938. The van der Waals surface area contributed by atoms with Gasteiger partial charge in [-0.15, -0.1) is 0 Å². The molecule has 0 aliphatic carbocycles. The number of hydrogen-bond acceptors (Lipinski definition) is 4. The summed E-state index contributed by atoms with van der Waals surface area (Å²) in [5.41, 5.74) is 6.60. The smallest absolute Gasteiger partial charge is 0.251 e. The maximum atomic E-state index is 13.8. The van der Waals surface area contributed by atoms with Crippen molar-refractivity contribution >= 4 is 34.7 Å². The van der Waals surface area contributed by atoms with E-state index >= 15 is 0 Å². The Hall–Kier alpha value is -3.60. The third-order valence-electron chi connectivity index (χ3n) is 6.69. The summed E-state index contributed by atoms with van der Waals surface area (Å²) < 4.78 is 6.24.